The number of hydrogen-bond donors (Lipinski definition) is 0. The molecule has 7 heteroatoms. The topological polar surface area (TPSA) is 64.6 Å². The molecule has 0 radical (unpaired) electrons. The van der Waals surface area contributed by atoms with Crippen molar-refractivity contribution in [2.24, 2.45) is 0 Å². The van der Waals surface area contributed by atoms with E-state index in [1.54, 1.807) is 42.7 Å². The summed E-state index contributed by atoms with van der Waals surface area (Å²) in [6.07, 6.45) is 1.50. The third kappa shape index (κ3) is 4.05. The van der Waals surface area contributed by atoms with Crippen molar-refractivity contribution < 1.29 is 33.2 Å². The van der Waals surface area contributed by atoms with Crippen LogP contribution in [0.4, 0.5) is 0 Å². The highest BCUT2D eigenvalue weighted by atomic mass is 16.5. The molecule has 1 atom stereocenters. The molecule has 0 N–H and O–H groups in total. The summed E-state index contributed by atoms with van der Waals surface area (Å²) in [5.74, 6) is 4.06. The molecule has 0 aromatic heterocycles. The van der Waals surface area contributed by atoms with Gasteiger partial charge in [-0.25, -0.2) is 0 Å². The maximum atomic E-state index is 6.62. The third-order valence-corrected chi connectivity index (χ3v) is 5.77. The van der Waals surface area contributed by atoms with Crippen LogP contribution >= 0.6 is 0 Å². The minimum atomic E-state index is -0.494. The van der Waals surface area contributed by atoms with E-state index in [-0.39, 0.29) is 0 Å². The molecule has 0 fully saturated rings. The molecule has 1 unspecified atom stereocenters. The Bertz CT molecular complexity index is 1170. The summed E-state index contributed by atoms with van der Waals surface area (Å²) in [7, 11) is 9.58. The molecule has 0 amide bonds. The van der Waals surface area contributed by atoms with E-state index in [1.165, 1.54) is 0 Å². The van der Waals surface area contributed by atoms with Crippen molar-refractivity contribution in [2.75, 3.05) is 42.7 Å². The molecule has 3 aromatic carbocycles. The number of benzene rings is 3. The maximum absolute atomic E-state index is 6.62. The fourth-order valence-electron chi connectivity index (χ4n) is 4.13. The summed E-state index contributed by atoms with van der Waals surface area (Å²) < 4.78 is 40.1. The van der Waals surface area contributed by atoms with Crippen LogP contribution in [0.1, 0.15) is 28.4 Å². The molecular weight excluding hydrogens is 436 g/mol. The zero-order valence-electron chi connectivity index (χ0n) is 20.1. The zero-order chi connectivity index (χ0) is 24.2. The summed E-state index contributed by atoms with van der Waals surface area (Å²) in [5, 5.41) is 0. The Balaban J connectivity index is 1.90. The summed E-state index contributed by atoms with van der Waals surface area (Å²) in [4.78, 5) is 0. The predicted octanol–water partition coefficient (Wildman–Crippen LogP) is 5.36. The summed E-state index contributed by atoms with van der Waals surface area (Å²) >= 11 is 0. The van der Waals surface area contributed by atoms with Crippen molar-refractivity contribution in [1.82, 2.24) is 0 Å². The van der Waals surface area contributed by atoms with Gasteiger partial charge in [-0.15, -0.1) is 0 Å². The minimum Gasteiger partial charge on any atom is -0.496 e. The fourth-order valence-corrected chi connectivity index (χ4v) is 4.13. The first-order valence-electron chi connectivity index (χ1n) is 10.7. The molecule has 1 aliphatic heterocycles. The van der Waals surface area contributed by atoms with Gasteiger partial charge in [-0.3, -0.25) is 0 Å². The Morgan fingerprint density at radius 3 is 1.76 bits per heavy atom. The molecule has 34 heavy (non-hydrogen) atoms. The first-order valence-corrected chi connectivity index (χ1v) is 10.7. The van der Waals surface area contributed by atoms with Crippen molar-refractivity contribution >= 4 is 11.8 Å². The highest BCUT2D eigenvalue weighted by molar-refractivity contribution is 5.83. The lowest BCUT2D eigenvalue weighted by Gasteiger charge is -2.30. The Morgan fingerprint density at radius 1 is 0.647 bits per heavy atom. The summed E-state index contributed by atoms with van der Waals surface area (Å²) in [6, 6.07) is 15.4. The van der Waals surface area contributed by atoms with Gasteiger partial charge in [-0.1, -0.05) is 24.3 Å². The molecule has 0 saturated heterocycles. The first kappa shape index (κ1) is 23.2. The first-order chi connectivity index (χ1) is 16.6. The molecular formula is C27H28O7. The number of methoxy groups -OCH3 is 6. The van der Waals surface area contributed by atoms with Gasteiger partial charge in [0.05, 0.1) is 48.2 Å². The molecule has 0 spiro atoms. The Labute approximate surface area is 199 Å². The lowest BCUT2D eigenvalue weighted by Crippen LogP contribution is -2.14. The Morgan fingerprint density at radius 2 is 1.24 bits per heavy atom. The van der Waals surface area contributed by atoms with Crippen LogP contribution in [-0.2, 0) is 4.74 Å². The molecule has 3 aromatic rings. The van der Waals surface area contributed by atoms with Crippen molar-refractivity contribution in [3.63, 3.8) is 0 Å². The van der Waals surface area contributed by atoms with Crippen LogP contribution < -0.4 is 28.4 Å². The van der Waals surface area contributed by atoms with Gasteiger partial charge in [0.15, 0.2) is 17.6 Å². The smallest absolute Gasteiger partial charge is 0.203 e. The third-order valence-electron chi connectivity index (χ3n) is 5.77. The highest BCUT2D eigenvalue weighted by Crippen LogP contribution is 2.49. The predicted molar refractivity (Wildman–Crippen MR) is 129 cm³/mol. The lowest BCUT2D eigenvalue weighted by atomic mass is 9.92. The average molecular weight is 465 g/mol. The van der Waals surface area contributed by atoms with Crippen LogP contribution in [-0.4, -0.2) is 42.7 Å². The minimum absolute atomic E-state index is 0.494. The monoisotopic (exact) mass is 464 g/mol. The van der Waals surface area contributed by atoms with E-state index in [0.717, 1.165) is 22.3 Å². The number of fused-ring (bicyclic) bond motifs is 1. The molecule has 0 saturated carbocycles. The van der Waals surface area contributed by atoms with E-state index in [9.17, 15) is 0 Å². The second-order valence-corrected chi connectivity index (χ2v) is 7.50. The van der Waals surface area contributed by atoms with Crippen molar-refractivity contribution in [1.29, 1.82) is 0 Å². The van der Waals surface area contributed by atoms with Crippen LogP contribution in [0.25, 0.3) is 11.8 Å². The standard InChI is InChI=1S/C27H28O7/c1-28-18-14-21(29-2)25(22(15-18)30-3)26-19-10-8-7-9-16(19)11-20(34-26)17-12-23(31-4)27(33-6)24(13-17)32-5/h7-15,26H,1-6H3. The molecule has 1 aliphatic rings. The van der Waals surface area contributed by atoms with E-state index >= 15 is 0 Å². The second-order valence-electron chi connectivity index (χ2n) is 7.50. The Kier molecular flexibility index (Phi) is 6.72. The van der Waals surface area contributed by atoms with Gasteiger partial charge in [0.25, 0.3) is 0 Å². The van der Waals surface area contributed by atoms with Gasteiger partial charge >= 0.3 is 0 Å². The van der Waals surface area contributed by atoms with Crippen molar-refractivity contribution in [3.8, 4) is 34.5 Å². The summed E-state index contributed by atoms with van der Waals surface area (Å²) in [5.41, 5.74) is 3.54. The number of ether oxygens (including phenoxy) is 7. The van der Waals surface area contributed by atoms with Crippen LogP contribution in [0.15, 0.2) is 48.5 Å². The van der Waals surface area contributed by atoms with Crippen LogP contribution in [0, 0.1) is 0 Å². The van der Waals surface area contributed by atoms with E-state index < -0.39 is 6.10 Å². The van der Waals surface area contributed by atoms with Crippen LogP contribution in [0.3, 0.4) is 0 Å². The lowest BCUT2D eigenvalue weighted by molar-refractivity contribution is 0.195. The quantitative estimate of drug-likeness (QED) is 0.445. The van der Waals surface area contributed by atoms with Crippen molar-refractivity contribution in [3.05, 3.63) is 70.8 Å². The van der Waals surface area contributed by atoms with Crippen LogP contribution in [0.5, 0.6) is 34.5 Å². The van der Waals surface area contributed by atoms with Gasteiger partial charge in [0, 0.05) is 23.3 Å². The molecule has 1 heterocycles. The largest absolute Gasteiger partial charge is 0.496 e. The summed E-state index contributed by atoms with van der Waals surface area (Å²) in [6.45, 7) is 0. The molecule has 4 rings (SSSR count). The van der Waals surface area contributed by atoms with Gasteiger partial charge in [0.1, 0.15) is 23.0 Å². The maximum Gasteiger partial charge on any atom is 0.203 e. The second kappa shape index (κ2) is 9.87. The van der Waals surface area contributed by atoms with Gasteiger partial charge in [-0.05, 0) is 23.8 Å². The van der Waals surface area contributed by atoms with Crippen molar-refractivity contribution in [2.45, 2.75) is 6.10 Å². The van der Waals surface area contributed by atoms with E-state index in [1.807, 2.05) is 54.6 Å². The normalized spacial score (nSPS) is 14.3. The molecule has 0 aliphatic carbocycles. The van der Waals surface area contributed by atoms with Gasteiger partial charge < -0.3 is 33.2 Å². The van der Waals surface area contributed by atoms with Gasteiger partial charge in [0.2, 0.25) is 5.75 Å². The molecule has 178 valence electrons. The Hall–Kier alpha value is -4.00. The number of rotatable bonds is 8. The highest BCUT2D eigenvalue weighted by Gasteiger charge is 2.31. The molecule has 0 bridgehead atoms. The van der Waals surface area contributed by atoms with E-state index in [4.69, 9.17) is 33.2 Å². The van der Waals surface area contributed by atoms with E-state index in [0.29, 0.717) is 40.3 Å². The van der Waals surface area contributed by atoms with E-state index in [2.05, 4.69) is 0 Å². The van der Waals surface area contributed by atoms with Crippen LogP contribution in [0.2, 0.25) is 0 Å². The van der Waals surface area contributed by atoms with Gasteiger partial charge in [-0.2, -0.15) is 0 Å². The fraction of sp³-hybridized carbons (Fsp3) is 0.259. The number of hydrogen-bond acceptors (Lipinski definition) is 7. The average Bonchev–Trinajstić information content (AvgIpc) is 2.90. The molecule has 7 nitrogen and oxygen atoms in total. The zero-order valence-corrected chi connectivity index (χ0v) is 20.1. The SMILES string of the molecule is COc1cc(OC)c(C2OC(c3cc(OC)c(OC)c(OC)c3)=Cc3ccccc32)c(OC)c1.